The first-order valence-corrected chi connectivity index (χ1v) is 16.6. The van der Waals surface area contributed by atoms with E-state index in [-0.39, 0.29) is 35.0 Å². The van der Waals surface area contributed by atoms with Gasteiger partial charge in [-0.15, -0.1) is 0 Å². The number of furan rings is 1. The highest BCUT2D eigenvalue weighted by Crippen LogP contribution is 2.36. The van der Waals surface area contributed by atoms with Gasteiger partial charge < -0.3 is 14.1 Å². The summed E-state index contributed by atoms with van der Waals surface area (Å²) in [4.78, 5) is 27.8. The Kier molecular flexibility index (Phi) is 9.71. The number of rotatable bonds is 9. The van der Waals surface area contributed by atoms with E-state index in [9.17, 15) is 18.0 Å². The Morgan fingerprint density at radius 1 is 0.956 bits per heavy atom. The molecule has 3 aromatic carbocycles. The van der Waals surface area contributed by atoms with Crippen molar-refractivity contribution in [3.8, 4) is 0 Å². The van der Waals surface area contributed by atoms with E-state index < -0.39 is 21.8 Å². The molecule has 8 nitrogen and oxygen atoms in total. The van der Waals surface area contributed by atoms with Crippen molar-refractivity contribution in [3.05, 3.63) is 133 Å². The molecule has 0 saturated carbocycles. The number of nitrogens with zero attached hydrogens (tertiary/aromatic N) is 2. The first kappa shape index (κ1) is 32.7. The van der Waals surface area contributed by atoms with Crippen LogP contribution in [0.1, 0.15) is 29.6 Å². The van der Waals surface area contributed by atoms with Gasteiger partial charge in [-0.2, -0.15) is 4.31 Å². The lowest BCUT2D eigenvalue weighted by atomic mass is 10.1. The molecule has 1 aliphatic heterocycles. The lowest BCUT2D eigenvalue weighted by Crippen LogP contribution is -2.30. The molecule has 5 rings (SSSR count). The zero-order valence-electron chi connectivity index (χ0n) is 24.4. The van der Waals surface area contributed by atoms with Gasteiger partial charge in [0, 0.05) is 28.5 Å². The molecule has 2 heterocycles. The highest BCUT2D eigenvalue weighted by molar-refractivity contribution is 9.10. The molecule has 0 saturated heterocycles. The number of ketones is 1. The molecule has 1 aromatic heterocycles. The normalized spacial score (nSPS) is 14.6. The smallest absolute Gasteiger partial charge is 0.343 e. The van der Waals surface area contributed by atoms with Crippen molar-refractivity contribution < 1.29 is 27.2 Å². The third-order valence-electron chi connectivity index (χ3n) is 7.17. The molecule has 0 N–H and O–H groups in total. The maximum atomic E-state index is 13.8. The molecule has 1 aliphatic rings. The first-order valence-electron chi connectivity index (χ1n) is 13.6. The summed E-state index contributed by atoms with van der Waals surface area (Å²) in [5.74, 6) is -0.654. The van der Waals surface area contributed by atoms with E-state index in [1.54, 1.807) is 78.6 Å². The lowest BCUT2D eigenvalue weighted by Gasteiger charge is -2.22. The lowest BCUT2D eigenvalue weighted by molar-refractivity contribution is -0.137. The third kappa shape index (κ3) is 6.95. The van der Waals surface area contributed by atoms with E-state index in [1.165, 1.54) is 17.5 Å². The first-order chi connectivity index (χ1) is 21.4. The van der Waals surface area contributed by atoms with Crippen molar-refractivity contribution in [3.63, 3.8) is 0 Å². The van der Waals surface area contributed by atoms with Crippen LogP contribution in [0.15, 0.2) is 110 Å². The molecule has 0 amide bonds. The van der Waals surface area contributed by atoms with Crippen LogP contribution in [0.2, 0.25) is 10.0 Å². The largest absolute Gasteiger partial charge is 0.465 e. The Morgan fingerprint density at radius 2 is 1.64 bits per heavy atom. The number of esters is 1. The Hall–Kier alpha value is -3.67. The van der Waals surface area contributed by atoms with Crippen LogP contribution in [0.4, 0.5) is 5.69 Å². The predicted molar refractivity (Wildman–Crippen MR) is 177 cm³/mol. The van der Waals surface area contributed by atoms with Gasteiger partial charge in [0.25, 0.3) is 0 Å². The van der Waals surface area contributed by atoms with Gasteiger partial charge in [0.2, 0.25) is 15.8 Å². The maximum absolute atomic E-state index is 13.8. The SMILES string of the molecule is COC(=O)C1=C(C)N(c2ccc(Br)cc2)/C(=C/c2ccc(CN(Cc3ccc(Cl)c(Cl)c3)S(=O)(=O)c3ccc(C)cc3)o2)C1=O. The molecule has 232 valence electrons. The van der Waals surface area contributed by atoms with E-state index in [4.69, 9.17) is 32.4 Å². The molecule has 0 spiro atoms. The summed E-state index contributed by atoms with van der Waals surface area (Å²) in [5, 5.41) is 0.663. The standard InChI is InChI=1S/C33H27BrCl2N2O6S/c1-20-4-13-27(14-5-20)45(41,42)37(18-22-6-15-28(35)29(36)16-22)19-26-12-11-25(44-26)17-30-32(39)31(33(40)43-3)21(2)38(30)24-9-7-23(34)8-10-24/h4-17H,18-19H2,1-3H3/b30-17+. The fourth-order valence-electron chi connectivity index (χ4n) is 4.87. The summed E-state index contributed by atoms with van der Waals surface area (Å²) in [6.07, 6.45) is 1.52. The van der Waals surface area contributed by atoms with Crippen molar-refractivity contribution in [2.45, 2.75) is 31.8 Å². The molecule has 0 bridgehead atoms. The van der Waals surface area contributed by atoms with Gasteiger partial charge in [-0.25, -0.2) is 13.2 Å². The van der Waals surface area contributed by atoms with Gasteiger partial charge >= 0.3 is 5.97 Å². The second-order valence-electron chi connectivity index (χ2n) is 10.3. The second-order valence-corrected chi connectivity index (χ2v) is 13.9. The average molecular weight is 730 g/mol. The van der Waals surface area contributed by atoms with E-state index in [1.807, 2.05) is 19.1 Å². The third-order valence-corrected chi connectivity index (χ3v) is 10.2. The summed E-state index contributed by atoms with van der Waals surface area (Å²) in [5.41, 5.74) is 2.70. The number of hydrogen-bond acceptors (Lipinski definition) is 7. The number of benzene rings is 3. The topological polar surface area (TPSA) is 97.1 Å². The molecular formula is C33H27BrCl2N2O6S. The molecule has 12 heteroatoms. The number of carbonyl (C=O) groups excluding carboxylic acids is 2. The Balaban J connectivity index is 1.50. The predicted octanol–water partition coefficient (Wildman–Crippen LogP) is 7.93. The number of sulfonamides is 1. The van der Waals surface area contributed by atoms with Gasteiger partial charge in [0.1, 0.15) is 17.1 Å². The number of allylic oxidation sites excluding steroid dienone is 2. The number of anilines is 1. The molecule has 0 atom stereocenters. The van der Waals surface area contributed by atoms with Crippen LogP contribution < -0.4 is 4.90 Å². The fourth-order valence-corrected chi connectivity index (χ4v) is 6.85. The van der Waals surface area contributed by atoms with Crippen molar-refractivity contribution >= 4 is 72.7 Å². The monoisotopic (exact) mass is 728 g/mol. The van der Waals surface area contributed by atoms with Gasteiger partial charge in [0.15, 0.2) is 0 Å². The summed E-state index contributed by atoms with van der Waals surface area (Å²) in [6, 6.07) is 22.1. The fraction of sp³-hybridized carbons (Fsp3) is 0.152. The summed E-state index contributed by atoms with van der Waals surface area (Å²) in [7, 11) is -2.76. The molecule has 0 fully saturated rings. The van der Waals surface area contributed by atoms with Gasteiger partial charge in [-0.1, -0.05) is 62.9 Å². The number of halogens is 3. The van der Waals surface area contributed by atoms with Crippen LogP contribution in [0.25, 0.3) is 6.08 Å². The molecular weight excluding hydrogens is 703 g/mol. The summed E-state index contributed by atoms with van der Waals surface area (Å²) < 4.78 is 40.7. The number of ether oxygens (including phenoxy) is 1. The van der Waals surface area contributed by atoms with Crippen molar-refractivity contribution in [2.75, 3.05) is 12.0 Å². The van der Waals surface area contributed by atoms with Crippen LogP contribution in [-0.2, 0) is 37.4 Å². The van der Waals surface area contributed by atoms with Crippen molar-refractivity contribution in [1.29, 1.82) is 0 Å². The van der Waals surface area contributed by atoms with E-state index in [2.05, 4.69) is 15.9 Å². The van der Waals surface area contributed by atoms with Crippen LogP contribution in [0.3, 0.4) is 0 Å². The second kappa shape index (κ2) is 13.4. The molecule has 45 heavy (non-hydrogen) atoms. The minimum Gasteiger partial charge on any atom is -0.465 e. The molecule has 4 aromatic rings. The zero-order chi connectivity index (χ0) is 32.5. The number of methoxy groups -OCH3 is 1. The zero-order valence-corrected chi connectivity index (χ0v) is 28.3. The number of hydrogen-bond donors (Lipinski definition) is 0. The van der Waals surface area contributed by atoms with Gasteiger partial charge in [-0.05, 0) is 80.1 Å². The quantitative estimate of drug-likeness (QED) is 0.0981. The summed E-state index contributed by atoms with van der Waals surface area (Å²) in [6.45, 7) is 3.42. The highest BCUT2D eigenvalue weighted by Gasteiger charge is 2.38. The molecule has 0 radical (unpaired) electrons. The Bertz CT molecular complexity index is 1950. The van der Waals surface area contributed by atoms with E-state index in [0.717, 1.165) is 10.0 Å². The number of aryl methyl sites for hydroxylation is 1. The van der Waals surface area contributed by atoms with E-state index in [0.29, 0.717) is 32.8 Å². The highest BCUT2D eigenvalue weighted by atomic mass is 79.9. The Morgan fingerprint density at radius 3 is 2.29 bits per heavy atom. The van der Waals surface area contributed by atoms with Crippen molar-refractivity contribution in [2.24, 2.45) is 0 Å². The molecule has 0 unspecified atom stereocenters. The molecule has 0 aliphatic carbocycles. The van der Waals surface area contributed by atoms with Crippen LogP contribution in [-0.4, -0.2) is 31.6 Å². The van der Waals surface area contributed by atoms with Crippen LogP contribution in [0.5, 0.6) is 0 Å². The van der Waals surface area contributed by atoms with Crippen LogP contribution >= 0.6 is 39.1 Å². The van der Waals surface area contributed by atoms with Gasteiger partial charge in [0.05, 0.1) is 34.3 Å². The maximum Gasteiger partial charge on any atom is 0.343 e. The average Bonchev–Trinajstić information content (AvgIpc) is 3.55. The minimum atomic E-state index is -3.98. The number of Topliss-reactive ketones (excluding diaryl/α,β-unsaturated/α-hetero) is 1. The number of carbonyl (C=O) groups is 2. The van der Waals surface area contributed by atoms with E-state index >= 15 is 0 Å². The summed E-state index contributed by atoms with van der Waals surface area (Å²) >= 11 is 15.7. The Labute approximate surface area is 279 Å². The minimum absolute atomic E-state index is 0.00828. The van der Waals surface area contributed by atoms with Crippen LogP contribution in [0, 0.1) is 6.92 Å². The van der Waals surface area contributed by atoms with Gasteiger partial charge in [-0.3, -0.25) is 4.79 Å². The van der Waals surface area contributed by atoms with Crippen molar-refractivity contribution in [1.82, 2.24) is 4.31 Å².